The van der Waals surface area contributed by atoms with Gasteiger partial charge in [0, 0.05) is 31.6 Å². The highest BCUT2D eigenvalue weighted by molar-refractivity contribution is 5.98. The molecule has 2 N–H and O–H groups in total. The minimum absolute atomic E-state index is 0.0143. The molecule has 30 heavy (non-hydrogen) atoms. The molecule has 1 fully saturated rings. The molecule has 0 bridgehead atoms. The molecule has 0 aromatic heterocycles. The number of hydrogen-bond acceptors (Lipinski definition) is 4. The molecule has 0 aliphatic carbocycles. The average molecular weight is 418 g/mol. The van der Waals surface area contributed by atoms with Crippen molar-refractivity contribution in [2.45, 2.75) is 52.5 Å². The lowest BCUT2D eigenvalue weighted by Crippen LogP contribution is -2.54. The number of amides is 3. The molecule has 1 aliphatic rings. The lowest BCUT2D eigenvalue weighted by Gasteiger charge is -2.36. The highest BCUT2D eigenvalue weighted by atomic mass is 16.5. The van der Waals surface area contributed by atoms with Gasteiger partial charge in [0.1, 0.15) is 11.8 Å². The third-order valence-corrected chi connectivity index (χ3v) is 5.40. The largest absolute Gasteiger partial charge is 0.497 e. The molecule has 1 saturated heterocycles. The molecule has 7 nitrogen and oxygen atoms in total. The zero-order chi connectivity index (χ0) is 22.1. The van der Waals surface area contributed by atoms with Crippen LogP contribution >= 0.6 is 0 Å². The van der Waals surface area contributed by atoms with Crippen molar-refractivity contribution in [2.24, 2.45) is 11.8 Å². The molecular formula is C23H35N3O4. The summed E-state index contributed by atoms with van der Waals surface area (Å²) in [5.74, 6) is 0.593. The molecular weight excluding hydrogens is 382 g/mol. The molecule has 1 atom stereocenters. The van der Waals surface area contributed by atoms with Gasteiger partial charge in [-0.15, -0.1) is 0 Å². The zero-order valence-corrected chi connectivity index (χ0v) is 18.6. The van der Waals surface area contributed by atoms with Gasteiger partial charge in [-0.3, -0.25) is 14.4 Å². The molecule has 0 saturated carbocycles. The second-order valence-electron chi connectivity index (χ2n) is 8.29. The summed E-state index contributed by atoms with van der Waals surface area (Å²) in [6.45, 7) is 7.85. The Morgan fingerprint density at radius 3 is 2.50 bits per heavy atom. The Labute approximate surface area is 179 Å². The van der Waals surface area contributed by atoms with E-state index in [1.807, 2.05) is 25.7 Å². The van der Waals surface area contributed by atoms with E-state index in [-0.39, 0.29) is 23.6 Å². The van der Waals surface area contributed by atoms with Gasteiger partial charge < -0.3 is 20.3 Å². The summed E-state index contributed by atoms with van der Waals surface area (Å²) in [6, 6.07) is 6.25. The predicted molar refractivity (Wildman–Crippen MR) is 116 cm³/mol. The normalized spacial score (nSPS) is 15.6. The van der Waals surface area contributed by atoms with Crippen LogP contribution in [0.1, 0.15) is 56.8 Å². The van der Waals surface area contributed by atoms with Crippen LogP contribution in [0.2, 0.25) is 0 Å². The van der Waals surface area contributed by atoms with Gasteiger partial charge in [0.25, 0.3) is 5.91 Å². The van der Waals surface area contributed by atoms with Crippen molar-refractivity contribution in [3.8, 4) is 5.75 Å². The Kier molecular flexibility index (Phi) is 9.15. The van der Waals surface area contributed by atoms with Crippen LogP contribution in [-0.2, 0) is 9.59 Å². The Morgan fingerprint density at radius 1 is 1.20 bits per heavy atom. The Balaban J connectivity index is 2.07. The zero-order valence-electron chi connectivity index (χ0n) is 18.6. The second kappa shape index (κ2) is 11.6. The van der Waals surface area contributed by atoms with Gasteiger partial charge in [-0.25, -0.2) is 0 Å². The van der Waals surface area contributed by atoms with Crippen molar-refractivity contribution < 1.29 is 19.1 Å². The van der Waals surface area contributed by atoms with E-state index in [9.17, 15) is 14.4 Å². The van der Waals surface area contributed by atoms with Gasteiger partial charge in [-0.1, -0.05) is 26.8 Å². The maximum absolute atomic E-state index is 12.8. The van der Waals surface area contributed by atoms with Crippen molar-refractivity contribution in [1.82, 2.24) is 15.5 Å². The van der Waals surface area contributed by atoms with Gasteiger partial charge in [0.2, 0.25) is 11.8 Å². The number of ether oxygens (including phenoxy) is 1. The molecule has 0 radical (unpaired) electrons. The van der Waals surface area contributed by atoms with E-state index in [4.69, 9.17) is 4.74 Å². The summed E-state index contributed by atoms with van der Waals surface area (Å²) >= 11 is 0. The number of nitrogens with zero attached hydrogens (tertiary/aromatic N) is 1. The van der Waals surface area contributed by atoms with E-state index in [1.54, 1.807) is 31.4 Å². The number of benzene rings is 1. The van der Waals surface area contributed by atoms with Crippen molar-refractivity contribution >= 4 is 17.7 Å². The van der Waals surface area contributed by atoms with Crippen LogP contribution < -0.4 is 15.4 Å². The Bertz CT molecular complexity index is 727. The molecule has 1 unspecified atom stereocenters. The molecule has 0 spiro atoms. The monoisotopic (exact) mass is 417 g/mol. The minimum Gasteiger partial charge on any atom is -0.497 e. The molecule has 3 amide bonds. The van der Waals surface area contributed by atoms with Gasteiger partial charge in [0.05, 0.1) is 7.11 Å². The summed E-state index contributed by atoms with van der Waals surface area (Å²) in [4.78, 5) is 39.9. The number of nitrogens with one attached hydrogen (secondary N) is 2. The highest BCUT2D eigenvalue weighted by Crippen LogP contribution is 2.23. The molecule has 1 aromatic carbocycles. The summed E-state index contributed by atoms with van der Waals surface area (Å²) in [7, 11) is 1.55. The smallest absolute Gasteiger partial charge is 0.252 e. The topological polar surface area (TPSA) is 87.7 Å². The maximum atomic E-state index is 12.8. The standard InChI is InChI=1S/C23H35N3O4/c1-5-11-24-23(29)21(25-22(28)18-7-6-8-19(15-18)30-4)17-9-12-26(13-10-17)20(27)14-16(2)3/h6-8,15-17,21H,5,9-14H2,1-4H3,(H,24,29)(H,25,28). The number of rotatable bonds is 9. The van der Waals surface area contributed by atoms with Crippen molar-refractivity contribution in [1.29, 1.82) is 0 Å². The number of methoxy groups -OCH3 is 1. The third kappa shape index (κ3) is 6.75. The van der Waals surface area contributed by atoms with Crippen molar-refractivity contribution in [3.63, 3.8) is 0 Å². The van der Waals surface area contributed by atoms with Gasteiger partial charge in [-0.05, 0) is 49.3 Å². The fourth-order valence-electron chi connectivity index (χ4n) is 3.71. The molecule has 1 aliphatic heterocycles. The van der Waals surface area contributed by atoms with Crippen molar-refractivity contribution in [3.05, 3.63) is 29.8 Å². The first-order chi connectivity index (χ1) is 14.3. The summed E-state index contributed by atoms with van der Waals surface area (Å²) in [5, 5.41) is 5.84. The van der Waals surface area contributed by atoms with E-state index in [1.165, 1.54) is 0 Å². The van der Waals surface area contributed by atoms with E-state index < -0.39 is 6.04 Å². The number of likely N-dealkylation sites (tertiary alicyclic amines) is 1. The number of carbonyl (C=O) groups excluding carboxylic acids is 3. The van der Waals surface area contributed by atoms with Gasteiger partial charge in [0.15, 0.2) is 0 Å². The molecule has 1 aromatic rings. The van der Waals surface area contributed by atoms with Crippen LogP contribution in [0.3, 0.4) is 0 Å². The van der Waals surface area contributed by atoms with Gasteiger partial charge >= 0.3 is 0 Å². The minimum atomic E-state index is -0.627. The summed E-state index contributed by atoms with van der Waals surface area (Å²) in [6.07, 6.45) is 2.74. The quantitative estimate of drug-likeness (QED) is 0.647. The summed E-state index contributed by atoms with van der Waals surface area (Å²) in [5.41, 5.74) is 0.451. The van der Waals surface area contributed by atoms with E-state index in [0.29, 0.717) is 56.1 Å². The highest BCUT2D eigenvalue weighted by Gasteiger charge is 2.34. The van der Waals surface area contributed by atoms with Crippen LogP contribution in [0.4, 0.5) is 0 Å². The number of carbonyl (C=O) groups is 3. The first kappa shape index (κ1) is 23.7. The fourth-order valence-corrected chi connectivity index (χ4v) is 3.71. The first-order valence-corrected chi connectivity index (χ1v) is 10.9. The fraction of sp³-hybridized carbons (Fsp3) is 0.609. The Morgan fingerprint density at radius 2 is 1.90 bits per heavy atom. The molecule has 2 rings (SSSR count). The Hall–Kier alpha value is -2.57. The molecule has 1 heterocycles. The third-order valence-electron chi connectivity index (χ3n) is 5.40. The summed E-state index contributed by atoms with van der Waals surface area (Å²) < 4.78 is 5.19. The maximum Gasteiger partial charge on any atom is 0.252 e. The first-order valence-electron chi connectivity index (χ1n) is 10.9. The lowest BCUT2D eigenvalue weighted by atomic mass is 9.88. The van der Waals surface area contributed by atoms with E-state index >= 15 is 0 Å². The van der Waals surface area contributed by atoms with Crippen LogP contribution in [0.25, 0.3) is 0 Å². The number of hydrogen-bond donors (Lipinski definition) is 2. The van der Waals surface area contributed by atoms with Crippen LogP contribution in [0, 0.1) is 11.8 Å². The number of piperidine rings is 1. The lowest BCUT2D eigenvalue weighted by molar-refractivity contribution is -0.133. The SMILES string of the molecule is CCCNC(=O)C(NC(=O)c1cccc(OC)c1)C1CCN(C(=O)CC(C)C)CC1. The average Bonchev–Trinajstić information content (AvgIpc) is 2.75. The predicted octanol–water partition coefficient (Wildman–Crippen LogP) is 2.60. The van der Waals surface area contributed by atoms with Gasteiger partial charge in [-0.2, -0.15) is 0 Å². The van der Waals surface area contributed by atoms with Crippen LogP contribution in [0.5, 0.6) is 5.75 Å². The molecule has 166 valence electrons. The van der Waals surface area contributed by atoms with Crippen LogP contribution in [-0.4, -0.2) is 55.4 Å². The van der Waals surface area contributed by atoms with E-state index in [2.05, 4.69) is 10.6 Å². The van der Waals surface area contributed by atoms with E-state index in [0.717, 1.165) is 6.42 Å². The molecule has 7 heteroatoms. The second-order valence-corrected chi connectivity index (χ2v) is 8.29. The van der Waals surface area contributed by atoms with Crippen LogP contribution in [0.15, 0.2) is 24.3 Å². The van der Waals surface area contributed by atoms with Crippen molar-refractivity contribution in [2.75, 3.05) is 26.7 Å².